The maximum Gasteiger partial charge on any atom is 0.387 e. The van der Waals surface area contributed by atoms with E-state index >= 15 is 0 Å². The first-order valence-electron chi connectivity index (χ1n) is 7.29. The number of alkyl halides is 2. The number of aromatic nitrogens is 2. The summed E-state index contributed by atoms with van der Waals surface area (Å²) in [5.74, 6) is 0.882. The first-order valence-corrected chi connectivity index (χ1v) is 7.29. The first-order chi connectivity index (χ1) is 11.6. The van der Waals surface area contributed by atoms with Crippen LogP contribution in [0, 0.1) is 6.92 Å². The van der Waals surface area contributed by atoms with E-state index in [-0.39, 0.29) is 12.3 Å². The predicted octanol–water partition coefficient (Wildman–Crippen LogP) is 4.26. The fourth-order valence-electron chi connectivity index (χ4n) is 2.13. The van der Waals surface area contributed by atoms with Gasteiger partial charge in [0.05, 0.1) is 12.2 Å². The highest BCUT2D eigenvalue weighted by molar-refractivity contribution is 5.57. The minimum Gasteiger partial charge on any atom is -0.433 e. The molecule has 0 aliphatic heterocycles. The number of benzene rings is 2. The number of rotatable bonds is 6. The van der Waals surface area contributed by atoms with E-state index in [0.29, 0.717) is 17.4 Å². The molecule has 7 heteroatoms. The van der Waals surface area contributed by atoms with Crippen LogP contribution < -0.4 is 10.1 Å². The summed E-state index contributed by atoms with van der Waals surface area (Å²) in [7, 11) is 0. The molecule has 0 fully saturated rings. The van der Waals surface area contributed by atoms with E-state index < -0.39 is 6.61 Å². The van der Waals surface area contributed by atoms with Crippen LogP contribution in [0.5, 0.6) is 5.75 Å². The maximum atomic E-state index is 12.4. The van der Waals surface area contributed by atoms with Gasteiger partial charge in [0.15, 0.2) is 0 Å². The van der Waals surface area contributed by atoms with Gasteiger partial charge in [-0.05, 0) is 19.1 Å². The Labute approximate surface area is 137 Å². The van der Waals surface area contributed by atoms with E-state index in [0.717, 1.165) is 11.1 Å². The van der Waals surface area contributed by atoms with Gasteiger partial charge in [-0.1, -0.05) is 47.1 Å². The average molecular weight is 331 g/mol. The molecule has 2 aromatic carbocycles. The zero-order valence-electron chi connectivity index (χ0n) is 12.9. The molecule has 0 unspecified atom stereocenters. The third-order valence-corrected chi connectivity index (χ3v) is 3.31. The van der Waals surface area contributed by atoms with Crippen LogP contribution in [0.2, 0.25) is 0 Å². The van der Waals surface area contributed by atoms with E-state index in [1.54, 1.807) is 18.2 Å². The Morgan fingerprint density at radius 3 is 2.62 bits per heavy atom. The van der Waals surface area contributed by atoms with Gasteiger partial charge in [-0.15, -0.1) is 0 Å². The summed E-state index contributed by atoms with van der Waals surface area (Å²) < 4.78 is 34.4. The molecule has 3 rings (SSSR count). The Bertz CT molecular complexity index is 804. The molecule has 0 aliphatic rings. The van der Waals surface area contributed by atoms with Gasteiger partial charge in [-0.3, -0.25) is 0 Å². The molecule has 1 heterocycles. The molecule has 5 nitrogen and oxygen atoms in total. The van der Waals surface area contributed by atoms with Crippen LogP contribution in [0.1, 0.15) is 11.5 Å². The Morgan fingerprint density at radius 2 is 1.88 bits per heavy atom. The largest absolute Gasteiger partial charge is 0.433 e. The van der Waals surface area contributed by atoms with Gasteiger partial charge < -0.3 is 14.6 Å². The van der Waals surface area contributed by atoms with E-state index in [4.69, 9.17) is 4.52 Å². The second-order valence-electron chi connectivity index (χ2n) is 5.11. The molecule has 0 spiro atoms. The molecular weight excluding hydrogens is 316 g/mol. The molecule has 124 valence electrons. The van der Waals surface area contributed by atoms with Crippen LogP contribution in [-0.2, 0) is 6.54 Å². The average Bonchev–Trinajstić information content (AvgIpc) is 3.03. The lowest BCUT2D eigenvalue weighted by molar-refractivity contribution is -0.0493. The molecule has 0 atom stereocenters. The van der Waals surface area contributed by atoms with Crippen molar-refractivity contribution in [2.75, 3.05) is 5.32 Å². The molecule has 0 saturated heterocycles. The number of para-hydroxylation sites is 2. The minimum absolute atomic E-state index is 0.0609. The normalized spacial score (nSPS) is 10.8. The zero-order chi connectivity index (χ0) is 16.9. The summed E-state index contributed by atoms with van der Waals surface area (Å²) >= 11 is 0. The molecule has 0 aliphatic carbocycles. The predicted molar refractivity (Wildman–Crippen MR) is 84.9 cm³/mol. The van der Waals surface area contributed by atoms with Crippen LogP contribution in [0.4, 0.5) is 14.5 Å². The Balaban J connectivity index is 1.69. The zero-order valence-corrected chi connectivity index (χ0v) is 12.9. The van der Waals surface area contributed by atoms with Crippen LogP contribution >= 0.6 is 0 Å². The highest BCUT2D eigenvalue weighted by Gasteiger charge is 2.11. The Kier molecular flexibility index (Phi) is 4.69. The maximum absolute atomic E-state index is 12.4. The Morgan fingerprint density at radius 1 is 1.12 bits per heavy atom. The first kappa shape index (κ1) is 15.9. The van der Waals surface area contributed by atoms with Crippen molar-refractivity contribution < 1.29 is 18.0 Å². The number of anilines is 1. The van der Waals surface area contributed by atoms with E-state index in [2.05, 4.69) is 20.2 Å². The van der Waals surface area contributed by atoms with Crippen LogP contribution in [0.15, 0.2) is 53.1 Å². The van der Waals surface area contributed by atoms with Crippen LogP contribution in [0.3, 0.4) is 0 Å². The molecule has 0 radical (unpaired) electrons. The number of hydrogen-bond donors (Lipinski definition) is 1. The standard InChI is InChI=1S/C17H15F2N3O2/c1-11-6-8-12(9-7-11)16-21-15(24-22-16)10-20-13-4-2-3-5-14(13)23-17(18)19/h2-9,17,20H,10H2,1H3. The summed E-state index contributed by atoms with van der Waals surface area (Å²) in [4.78, 5) is 4.29. The van der Waals surface area contributed by atoms with Crippen LogP contribution in [-0.4, -0.2) is 16.8 Å². The lowest BCUT2D eigenvalue weighted by Gasteiger charge is -2.10. The summed E-state index contributed by atoms with van der Waals surface area (Å²) in [5.41, 5.74) is 2.41. The second-order valence-corrected chi connectivity index (χ2v) is 5.11. The van der Waals surface area contributed by atoms with Gasteiger partial charge >= 0.3 is 6.61 Å². The fraction of sp³-hybridized carbons (Fsp3) is 0.176. The Hall–Kier alpha value is -2.96. The van der Waals surface area contributed by atoms with Gasteiger partial charge in [0.1, 0.15) is 5.75 Å². The highest BCUT2D eigenvalue weighted by atomic mass is 19.3. The number of aryl methyl sites for hydroxylation is 1. The molecule has 1 N–H and O–H groups in total. The van der Waals surface area contributed by atoms with Crippen molar-refractivity contribution in [3.8, 4) is 17.1 Å². The summed E-state index contributed by atoms with van der Waals surface area (Å²) in [6, 6.07) is 14.2. The van der Waals surface area contributed by atoms with Crippen molar-refractivity contribution in [3.63, 3.8) is 0 Å². The van der Waals surface area contributed by atoms with Gasteiger partial charge in [0, 0.05) is 5.56 Å². The van der Waals surface area contributed by atoms with Crippen molar-refractivity contribution in [2.45, 2.75) is 20.1 Å². The molecule has 1 aromatic heterocycles. The SMILES string of the molecule is Cc1ccc(-c2noc(CNc3ccccc3OC(F)F)n2)cc1. The lowest BCUT2D eigenvalue weighted by Crippen LogP contribution is -2.06. The third-order valence-electron chi connectivity index (χ3n) is 3.31. The van der Waals surface area contributed by atoms with Gasteiger partial charge in [-0.2, -0.15) is 13.8 Å². The quantitative estimate of drug-likeness (QED) is 0.731. The monoisotopic (exact) mass is 331 g/mol. The molecule has 24 heavy (non-hydrogen) atoms. The summed E-state index contributed by atoms with van der Waals surface area (Å²) in [5, 5.41) is 6.88. The van der Waals surface area contributed by atoms with Crippen molar-refractivity contribution in [1.82, 2.24) is 10.1 Å². The second kappa shape index (κ2) is 7.08. The molecule has 0 amide bonds. The molecular formula is C17H15F2N3O2. The van der Waals surface area contributed by atoms with E-state index in [9.17, 15) is 8.78 Å². The van der Waals surface area contributed by atoms with Gasteiger partial charge in [0.2, 0.25) is 11.7 Å². The van der Waals surface area contributed by atoms with Gasteiger partial charge in [0.25, 0.3) is 0 Å². The number of ether oxygens (including phenoxy) is 1. The fourth-order valence-corrected chi connectivity index (χ4v) is 2.13. The molecule has 3 aromatic rings. The number of nitrogens with one attached hydrogen (secondary N) is 1. The molecule has 0 saturated carbocycles. The molecule has 0 bridgehead atoms. The van der Waals surface area contributed by atoms with Crippen molar-refractivity contribution in [1.29, 1.82) is 0 Å². The minimum atomic E-state index is -2.88. The van der Waals surface area contributed by atoms with Gasteiger partial charge in [-0.25, -0.2) is 0 Å². The topological polar surface area (TPSA) is 60.2 Å². The summed E-state index contributed by atoms with van der Waals surface area (Å²) in [6.07, 6.45) is 0. The number of halogens is 2. The van der Waals surface area contributed by atoms with Crippen molar-refractivity contribution in [3.05, 3.63) is 60.0 Å². The number of hydrogen-bond acceptors (Lipinski definition) is 5. The third kappa shape index (κ3) is 3.87. The number of nitrogens with zero attached hydrogens (tertiary/aromatic N) is 2. The smallest absolute Gasteiger partial charge is 0.387 e. The summed E-state index contributed by atoms with van der Waals surface area (Å²) in [6.45, 7) is -0.694. The van der Waals surface area contributed by atoms with Crippen molar-refractivity contribution in [2.24, 2.45) is 0 Å². The van der Waals surface area contributed by atoms with E-state index in [1.807, 2.05) is 31.2 Å². The lowest BCUT2D eigenvalue weighted by atomic mass is 10.1. The van der Waals surface area contributed by atoms with E-state index in [1.165, 1.54) is 6.07 Å². The van der Waals surface area contributed by atoms with Crippen LogP contribution in [0.25, 0.3) is 11.4 Å². The van der Waals surface area contributed by atoms with Crippen molar-refractivity contribution >= 4 is 5.69 Å². The highest BCUT2D eigenvalue weighted by Crippen LogP contribution is 2.26.